The minimum atomic E-state index is -0.778. The van der Waals surface area contributed by atoms with Gasteiger partial charge < -0.3 is 10.4 Å². The second-order valence-corrected chi connectivity index (χ2v) is 6.44. The molecule has 2 rings (SSSR count). The van der Waals surface area contributed by atoms with Crippen molar-refractivity contribution in [2.75, 3.05) is 25.0 Å². The van der Waals surface area contributed by atoms with Gasteiger partial charge in [0.1, 0.15) is 0 Å². The summed E-state index contributed by atoms with van der Waals surface area (Å²) in [5.74, 6) is -0.765. The van der Waals surface area contributed by atoms with Gasteiger partial charge >= 0.3 is 5.97 Å². The van der Waals surface area contributed by atoms with Crippen LogP contribution in [0.3, 0.4) is 0 Å². The first kappa shape index (κ1) is 16.5. The fourth-order valence-corrected chi connectivity index (χ4v) is 2.90. The van der Waals surface area contributed by atoms with Crippen molar-refractivity contribution < 1.29 is 14.7 Å². The Morgan fingerprint density at radius 1 is 1.36 bits per heavy atom. The molecular formula is C17H24N2O3. The molecule has 5 nitrogen and oxygen atoms in total. The Morgan fingerprint density at radius 2 is 2.09 bits per heavy atom. The molecule has 2 atom stereocenters. The number of rotatable bonds is 5. The molecule has 0 spiro atoms. The second-order valence-electron chi connectivity index (χ2n) is 6.44. The van der Waals surface area contributed by atoms with E-state index in [4.69, 9.17) is 5.11 Å². The summed E-state index contributed by atoms with van der Waals surface area (Å²) >= 11 is 0. The number of likely N-dealkylation sites (tertiary alicyclic amines) is 1. The Labute approximate surface area is 131 Å². The van der Waals surface area contributed by atoms with Crippen molar-refractivity contribution >= 4 is 17.6 Å². The highest BCUT2D eigenvalue weighted by molar-refractivity contribution is 5.92. The molecule has 0 radical (unpaired) electrons. The maximum atomic E-state index is 12.1. The average molecular weight is 304 g/mol. The van der Waals surface area contributed by atoms with Crippen LogP contribution >= 0.6 is 0 Å². The average Bonchev–Trinajstić information content (AvgIpc) is 2.79. The number of carbonyl (C=O) groups is 2. The normalized spacial score (nSPS) is 22.0. The zero-order chi connectivity index (χ0) is 16.3. The molecule has 1 aliphatic heterocycles. The molecule has 22 heavy (non-hydrogen) atoms. The van der Waals surface area contributed by atoms with Crippen molar-refractivity contribution in [3.8, 4) is 0 Å². The van der Waals surface area contributed by atoms with E-state index < -0.39 is 5.97 Å². The first-order chi connectivity index (χ1) is 10.4. The lowest BCUT2D eigenvalue weighted by atomic mass is 9.99. The first-order valence-electron chi connectivity index (χ1n) is 7.71. The van der Waals surface area contributed by atoms with E-state index in [0.717, 1.165) is 5.69 Å². The molecule has 2 N–H and O–H groups in total. The van der Waals surface area contributed by atoms with E-state index in [-0.39, 0.29) is 24.3 Å². The summed E-state index contributed by atoms with van der Waals surface area (Å²) < 4.78 is 0. The molecule has 0 bridgehead atoms. The predicted octanol–water partition coefficient (Wildman–Crippen LogP) is 2.40. The lowest BCUT2D eigenvalue weighted by molar-refractivity contribution is -0.142. The molecule has 0 unspecified atom stereocenters. The molecule has 1 saturated heterocycles. The van der Waals surface area contributed by atoms with Crippen LogP contribution in [0.15, 0.2) is 24.3 Å². The van der Waals surface area contributed by atoms with Crippen LogP contribution in [-0.2, 0) is 9.59 Å². The molecule has 0 aliphatic carbocycles. The monoisotopic (exact) mass is 304 g/mol. The van der Waals surface area contributed by atoms with Crippen molar-refractivity contribution in [1.29, 1.82) is 0 Å². The number of nitrogens with one attached hydrogen (secondary N) is 1. The summed E-state index contributed by atoms with van der Waals surface area (Å²) in [5, 5.41) is 12.0. The molecule has 1 aromatic rings. The molecule has 1 heterocycles. The molecule has 1 fully saturated rings. The summed E-state index contributed by atoms with van der Waals surface area (Å²) in [4.78, 5) is 25.1. The van der Waals surface area contributed by atoms with E-state index in [2.05, 4.69) is 19.2 Å². The number of carboxylic acid groups (broad SMARTS) is 1. The van der Waals surface area contributed by atoms with Crippen molar-refractivity contribution in [1.82, 2.24) is 4.90 Å². The third-order valence-electron chi connectivity index (χ3n) is 4.21. The zero-order valence-electron chi connectivity index (χ0n) is 13.4. The zero-order valence-corrected chi connectivity index (χ0v) is 13.4. The largest absolute Gasteiger partial charge is 0.481 e. The lowest BCUT2D eigenvalue weighted by Crippen LogP contribution is -2.32. The van der Waals surface area contributed by atoms with Gasteiger partial charge in [-0.3, -0.25) is 14.5 Å². The van der Waals surface area contributed by atoms with Crippen molar-refractivity contribution in [3.63, 3.8) is 0 Å². The minimum Gasteiger partial charge on any atom is -0.481 e. The van der Waals surface area contributed by atoms with Gasteiger partial charge in [0, 0.05) is 18.8 Å². The highest BCUT2D eigenvalue weighted by Crippen LogP contribution is 2.23. The van der Waals surface area contributed by atoms with Crippen LogP contribution in [-0.4, -0.2) is 41.5 Å². The van der Waals surface area contributed by atoms with Gasteiger partial charge in [0.05, 0.1) is 12.5 Å². The SMILES string of the molecule is CC(C)c1cccc(NC(=O)CN2C[C@@H](C)[C@H](C(=O)O)C2)c1. The fourth-order valence-electron chi connectivity index (χ4n) is 2.90. The van der Waals surface area contributed by atoms with Crippen molar-refractivity contribution in [2.24, 2.45) is 11.8 Å². The van der Waals surface area contributed by atoms with E-state index >= 15 is 0 Å². The Morgan fingerprint density at radius 3 is 2.68 bits per heavy atom. The minimum absolute atomic E-state index is 0.0783. The van der Waals surface area contributed by atoms with E-state index in [1.165, 1.54) is 5.56 Å². The van der Waals surface area contributed by atoms with Crippen molar-refractivity contribution in [2.45, 2.75) is 26.7 Å². The van der Waals surface area contributed by atoms with Crippen LogP contribution in [0.4, 0.5) is 5.69 Å². The Balaban J connectivity index is 1.91. The van der Waals surface area contributed by atoms with E-state index in [0.29, 0.717) is 19.0 Å². The van der Waals surface area contributed by atoms with E-state index in [1.807, 2.05) is 36.1 Å². The second kappa shape index (κ2) is 6.92. The van der Waals surface area contributed by atoms with Gasteiger partial charge in [-0.05, 0) is 29.5 Å². The number of anilines is 1. The van der Waals surface area contributed by atoms with Gasteiger partial charge in [0.15, 0.2) is 0 Å². The summed E-state index contributed by atoms with van der Waals surface area (Å²) in [5.41, 5.74) is 1.97. The molecule has 1 aromatic carbocycles. The smallest absolute Gasteiger partial charge is 0.308 e. The number of amides is 1. The maximum absolute atomic E-state index is 12.1. The number of carbonyl (C=O) groups excluding carboxylic acids is 1. The Hall–Kier alpha value is -1.88. The summed E-state index contributed by atoms with van der Waals surface area (Å²) in [6.07, 6.45) is 0. The fraction of sp³-hybridized carbons (Fsp3) is 0.529. The number of hydrogen-bond donors (Lipinski definition) is 2. The van der Waals surface area contributed by atoms with Crippen LogP contribution in [0.5, 0.6) is 0 Å². The first-order valence-corrected chi connectivity index (χ1v) is 7.71. The number of nitrogens with zero attached hydrogens (tertiary/aromatic N) is 1. The Bertz CT molecular complexity index is 557. The molecule has 0 aromatic heterocycles. The number of carboxylic acids is 1. The molecular weight excluding hydrogens is 280 g/mol. The topological polar surface area (TPSA) is 69.6 Å². The van der Waals surface area contributed by atoms with Crippen LogP contribution in [0, 0.1) is 11.8 Å². The van der Waals surface area contributed by atoms with Crippen LogP contribution in [0.1, 0.15) is 32.3 Å². The van der Waals surface area contributed by atoms with Gasteiger partial charge in [0.25, 0.3) is 0 Å². The molecule has 1 aliphatic rings. The summed E-state index contributed by atoms with van der Waals surface area (Å²) in [6.45, 7) is 7.46. The number of aliphatic carboxylic acids is 1. The van der Waals surface area contributed by atoms with E-state index in [1.54, 1.807) is 0 Å². The van der Waals surface area contributed by atoms with Crippen LogP contribution in [0.2, 0.25) is 0 Å². The van der Waals surface area contributed by atoms with Crippen molar-refractivity contribution in [3.05, 3.63) is 29.8 Å². The third-order valence-corrected chi connectivity index (χ3v) is 4.21. The standard InChI is InChI=1S/C17H24N2O3/c1-11(2)13-5-4-6-14(7-13)18-16(20)10-19-8-12(3)15(9-19)17(21)22/h4-7,11-12,15H,8-10H2,1-3H3,(H,18,20)(H,21,22)/t12-,15-/m1/s1. The number of hydrogen-bond acceptors (Lipinski definition) is 3. The summed E-state index contributed by atoms with van der Waals surface area (Å²) in [6, 6.07) is 7.83. The van der Waals surface area contributed by atoms with Crippen LogP contribution in [0.25, 0.3) is 0 Å². The summed E-state index contributed by atoms with van der Waals surface area (Å²) in [7, 11) is 0. The molecule has 120 valence electrons. The molecule has 5 heteroatoms. The maximum Gasteiger partial charge on any atom is 0.308 e. The lowest BCUT2D eigenvalue weighted by Gasteiger charge is -2.15. The van der Waals surface area contributed by atoms with Gasteiger partial charge in [-0.25, -0.2) is 0 Å². The van der Waals surface area contributed by atoms with Crippen LogP contribution < -0.4 is 5.32 Å². The molecule has 0 saturated carbocycles. The van der Waals surface area contributed by atoms with Gasteiger partial charge in [-0.15, -0.1) is 0 Å². The molecule has 1 amide bonds. The quantitative estimate of drug-likeness (QED) is 0.876. The highest BCUT2D eigenvalue weighted by atomic mass is 16.4. The Kier molecular flexibility index (Phi) is 5.19. The predicted molar refractivity (Wildman–Crippen MR) is 85.9 cm³/mol. The van der Waals surface area contributed by atoms with Gasteiger partial charge in [0.2, 0.25) is 5.91 Å². The van der Waals surface area contributed by atoms with E-state index in [9.17, 15) is 9.59 Å². The number of benzene rings is 1. The highest BCUT2D eigenvalue weighted by Gasteiger charge is 2.35. The van der Waals surface area contributed by atoms with Gasteiger partial charge in [-0.2, -0.15) is 0 Å². The third kappa shape index (κ3) is 4.07. The van der Waals surface area contributed by atoms with Gasteiger partial charge in [-0.1, -0.05) is 32.9 Å².